The number of hydrogen-bond acceptors (Lipinski definition) is 5. The maximum absolute atomic E-state index is 14.3. The zero-order chi connectivity index (χ0) is 29.4. The maximum atomic E-state index is 14.3. The Morgan fingerprint density at radius 1 is 0.881 bits per heavy atom. The summed E-state index contributed by atoms with van der Waals surface area (Å²) in [6.45, 7) is 10.3. The van der Waals surface area contributed by atoms with E-state index in [-0.39, 0.29) is 11.3 Å². The van der Waals surface area contributed by atoms with Gasteiger partial charge in [-0.05, 0) is 54.8 Å². The van der Waals surface area contributed by atoms with Gasteiger partial charge in [0.25, 0.3) is 5.91 Å². The van der Waals surface area contributed by atoms with Crippen molar-refractivity contribution in [2.24, 2.45) is 0 Å². The van der Waals surface area contributed by atoms with Crippen LogP contribution in [0.5, 0.6) is 0 Å². The minimum Gasteiger partial charge on any atom is -0.368 e. The Morgan fingerprint density at radius 3 is 2.31 bits per heavy atom. The molecule has 0 atom stereocenters. The highest BCUT2D eigenvalue weighted by molar-refractivity contribution is 5.96. The molecule has 1 N–H and O–H groups in total. The molecule has 0 bridgehead atoms. The summed E-state index contributed by atoms with van der Waals surface area (Å²) in [6.07, 6.45) is 1.61. The van der Waals surface area contributed by atoms with Crippen molar-refractivity contribution in [3.63, 3.8) is 0 Å². The molecule has 2 aliphatic rings. The van der Waals surface area contributed by atoms with Crippen molar-refractivity contribution in [2.45, 2.75) is 20.4 Å². The molecule has 0 radical (unpaired) electrons. The molecule has 2 saturated heterocycles. The van der Waals surface area contributed by atoms with Crippen LogP contribution in [-0.2, 0) is 6.54 Å². The van der Waals surface area contributed by atoms with Crippen LogP contribution in [0, 0.1) is 36.8 Å². The van der Waals surface area contributed by atoms with Gasteiger partial charge in [0.05, 0.1) is 22.5 Å². The van der Waals surface area contributed by atoms with Crippen LogP contribution in [0.25, 0.3) is 10.9 Å². The number of aromatic amines is 1. The Balaban J connectivity index is 1.11. The minimum atomic E-state index is -0.869. The first kappa shape index (κ1) is 27.7. The second kappa shape index (κ2) is 11.5. The number of fused-ring (bicyclic) bond motifs is 1. The summed E-state index contributed by atoms with van der Waals surface area (Å²) in [5, 5.41) is 9.72. The molecule has 2 fully saturated rings. The van der Waals surface area contributed by atoms with Gasteiger partial charge in [-0.3, -0.25) is 9.69 Å². The first-order valence-corrected chi connectivity index (χ1v) is 14.4. The van der Waals surface area contributed by atoms with Crippen molar-refractivity contribution in [1.82, 2.24) is 14.8 Å². The molecule has 3 aromatic carbocycles. The maximum Gasteiger partial charge on any atom is 0.254 e. The predicted molar refractivity (Wildman–Crippen MR) is 161 cm³/mol. The zero-order valence-corrected chi connectivity index (χ0v) is 24.0. The van der Waals surface area contributed by atoms with E-state index in [1.54, 1.807) is 12.3 Å². The fraction of sp³-hybridized carbons (Fsp3) is 0.333. The van der Waals surface area contributed by atoms with E-state index in [4.69, 9.17) is 0 Å². The number of amides is 1. The van der Waals surface area contributed by atoms with Gasteiger partial charge in [-0.1, -0.05) is 18.2 Å². The van der Waals surface area contributed by atoms with Crippen LogP contribution in [0.2, 0.25) is 0 Å². The number of anilines is 2. The topological polar surface area (TPSA) is 69.6 Å². The lowest BCUT2D eigenvalue weighted by molar-refractivity contribution is 0.0746. The number of aryl methyl sites for hydroxylation is 2. The molecule has 3 heterocycles. The molecule has 0 saturated carbocycles. The van der Waals surface area contributed by atoms with E-state index in [0.717, 1.165) is 49.5 Å². The van der Waals surface area contributed by atoms with Crippen molar-refractivity contribution >= 4 is 28.2 Å². The fourth-order valence-electron chi connectivity index (χ4n) is 6.25. The molecule has 0 unspecified atom stereocenters. The molecule has 0 spiro atoms. The summed E-state index contributed by atoms with van der Waals surface area (Å²) >= 11 is 0. The predicted octanol–water partition coefficient (Wildman–Crippen LogP) is 5.22. The third-order valence-electron chi connectivity index (χ3n) is 8.67. The number of nitrogens with one attached hydrogen (secondary N) is 1. The summed E-state index contributed by atoms with van der Waals surface area (Å²) < 4.78 is 28.5. The van der Waals surface area contributed by atoms with Gasteiger partial charge in [-0.25, -0.2) is 8.78 Å². The van der Waals surface area contributed by atoms with Gasteiger partial charge < -0.3 is 19.7 Å². The molecule has 1 amide bonds. The second-order valence-electron chi connectivity index (χ2n) is 11.2. The van der Waals surface area contributed by atoms with Crippen molar-refractivity contribution in [3.8, 4) is 6.07 Å². The van der Waals surface area contributed by atoms with Gasteiger partial charge in [-0.15, -0.1) is 0 Å². The van der Waals surface area contributed by atoms with Crippen LogP contribution >= 0.6 is 0 Å². The molecule has 42 heavy (non-hydrogen) atoms. The monoisotopic (exact) mass is 568 g/mol. The van der Waals surface area contributed by atoms with Crippen LogP contribution < -0.4 is 9.80 Å². The van der Waals surface area contributed by atoms with Crippen LogP contribution in [0.15, 0.2) is 54.7 Å². The van der Waals surface area contributed by atoms with Gasteiger partial charge in [0.2, 0.25) is 0 Å². The van der Waals surface area contributed by atoms with E-state index in [9.17, 15) is 18.8 Å². The second-order valence-corrected chi connectivity index (χ2v) is 11.2. The number of aromatic nitrogens is 1. The van der Waals surface area contributed by atoms with Gasteiger partial charge in [-0.2, -0.15) is 5.26 Å². The highest BCUT2D eigenvalue weighted by Gasteiger charge is 2.27. The van der Waals surface area contributed by atoms with E-state index in [1.807, 2.05) is 41.0 Å². The Hall–Kier alpha value is -4.42. The Kier molecular flexibility index (Phi) is 7.56. The molecule has 4 aromatic rings. The summed E-state index contributed by atoms with van der Waals surface area (Å²) in [6, 6.07) is 17.0. The van der Waals surface area contributed by atoms with Crippen molar-refractivity contribution in [2.75, 3.05) is 62.2 Å². The summed E-state index contributed by atoms with van der Waals surface area (Å²) in [4.78, 5) is 25.3. The molecule has 216 valence electrons. The van der Waals surface area contributed by atoms with Gasteiger partial charge in [0.1, 0.15) is 6.07 Å². The van der Waals surface area contributed by atoms with Crippen molar-refractivity contribution in [1.29, 1.82) is 5.26 Å². The smallest absolute Gasteiger partial charge is 0.254 e. The quantitative estimate of drug-likeness (QED) is 0.358. The van der Waals surface area contributed by atoms with Crippen molar-refractivity contribution in [3.05, 3.63) is 94.2 Å². The third kappa shape index (κ3) is 5.19. The molecule has 9 heteroatoms. The molecule has 7 nitrogen and oxygen atoms in total. The Labute approximate surface area is 244 Å². The number of carbonyl (C=O) groups excluding carboxylic acids is 1. The van der Waals surface area contributed by atoms with E-state index in [1.165, 1.54) is 11.6 Å². The number of nitriles is 1. The highest BCUT2D eigenvalue weighted by Crippen LogP contribution is 2.31. The largest absolute Gasteiger partial charge is 0.368 e. The lowest BCUT2D eigenvalue weighted by Gasteiger charge is -2.37. The number of nitrogens with zero attached hydrogens (tertiary/aromatic N) is 5. The molecular formula is C33H34F2N6O. The summed E-state index contributed by atoms with van der Waals surface area (Å²) in [7, 11) is 0. The van der Waals surface area contributed by atoms with E-state index >= 15 is 0 Å². The Bertz CT molecular complexity index is 1680. The van der Waals surface area contributed by atoms with Gasteiger partial charge in [0.15, 0.2) is 11.6 Å². The number of hydrogen-bond donors (Lipinski definition) is 1. The molecule has 6 rings (SSSR count). The van der Waals surface area contributed by atoms with Gasteiger partial charge in [0, 0.05) is 82.1 Å². The summed E-state index contributed by atoms with van der Waals surface area (Å²) in [5.41, 5.74) is 6.85. The number of halogens is 2. The van der Waals surface area contributed by atoms with E-state index in [2.05, 4.69) is 39.9 Å². The first-order valence-electron chi connectivity index (χ1n) is 14.4. The summed E-state index contributed by atoms with van der Waals surface area (Å²) in [5.74, 6) is -1.71. The molecule has 2 aliphatic heterocycles. The SMILES string of the molecule is Cc1cc(C)c(C(=O)N2CCN(c3cc(F)c(F)c4cc[nH]c34)CC2)cc1CN1CCN(c2ccccc2C#N)CC1. The number of para-hydroxylation sites is 1. The number of rotatable bonds is 5. The number of carbonyl (C=O) groups is 1. The number of benzene rings is 3. The van der Waals surface area contributed by atoms with Crippen LogP contribution in [0.1, 0.15) is 32.6 Å². The number of H-pyrrole nitrogens is 1. The Morgan fingerprint density at radius 2 is 1.57 bits per heavy atom. The molecule has 0 aliphatic carbocycles. The first-order chi connectivity index (χ1) is 20.3. The third-order valence-corrected chi connectivity index (χ3v) is 8.67. The van der Waals surface area contributed by atoms with Crippen LogP contribution in [0.3, 0.4) is 0 Å². The standard InChI is InChI=1S/C33H34F2N6O/c1-22-17-23(2)27(18-25(22)21-38-9-11-39(12-10-38)29-6-4-3-5-24(29)20-36)33(42)41-15-13-40(14-16-41)30-19-28(34)31(35)26-7-8-37-32(26)30/h3-8,17-19,37H,9-16,21H2,1-2H3. The normalized spacial score (nSPS) is 16.2. The molecule has 1 aromatic heterocycles. The fourth-order valence-corrected chi connectivity index (χ4v) is 6.25. The van der Waals surface area contributed by atoms with Crippen LogP contribution in [0.4, 0.5) is 20.2 Å². The lowest BCUT2D eigenvalue weighted by Crippen LogP contribution is -2.49. The van der Waals surface area contributed by atoms with Crippen LogP contribution in [-0.4, -0.2) is 73.0 Å². The van der Waals surface area contributed by atoms with Gasteiger partial charge >= 0.3 is 0 Å². The van der Waals surface area contributed by atoms with E-state index in [0.29, 0.717) is 48.5 Å². The van der Waals surface area contributed by atoms with E-state index < -0.39 is 11.6 Å². The highest BCUT2D eigenvalue weighted by atomic mass is 19.2. The average Bonchev–Trinajstić information content (AvgIpc) is 3.51. The van der Waals surface area contributed by atoms with Crippen molar-refractivity contribution < 1.29 is 13.6 Å². The zero-order valence-electron chi connectivity index (χ0n) is 24.0. The molecular weight excluding hydrogens is 534 g/mol. The lowest BCUT2D eigenvalue weighted by atomic mass is 9.98. The minimum absolute atomic E-state index is 0.00152. The average molecular weight is 569 g/mol. The number of piperazine rings is 2.